The number of rotatable bonds is 4. The fourth-order valence-corrected chi connectivity index (χ4v) is 3.39. The van der Waals surface area contributed by atoms with Gasteiger partial charge in [0.05, 0.1) is 5.69 Å². The molecule has 0 unspecified atom stereocenters. The highest BCUT2D eigenvalue weighted by atomic mass is 32.2. The van der Waals surface area contributed by atoms with Gasteiger partial charge in [-0.05, 0) is 31.0 Å². The summed E-state index contributed by atoms with van der Waals surface area (Å²) in [7, 11) is -3.73. The van der Waals surface area contributed by atoms with Gasteiger partial charge in [0.25, 0.3) is 10.0 Å². The van der Waals surface area contributed by atoms with Gasteiger partial charge < -0.3 is 11.5 Å². The summed E-state index contributed by atoms with van der Waals surface area (Å²) in [5, 5.41) is 1.67. The van der Waals surface area contributed by atoms with E-state index >= 15 is 0 Å². The summed E-state index contributed by atoms with van der Waals surface area (Å²) in [6.45, 7) is 1.36. The second-order valence-corrected chi connectivity index (χ2v) is 6.39. The topological polar surface area (TPSA) is 119 Å². The number of benzene rings is 1. The van der Waals surface area contributed by atoms with Gasteiger partial charge in [-0.25, -0.2) is 13.4 Å². The van der Waals surface area contributed by atoms with E-state index in [4.69, 9.17) is 11.5 Å². The van der Waals surface area contributed by atoms with Crippen molar-refractivity contribution in [3.8, 4) is 0 Å². The van der Waals surface area contributed by atoms with Crippen molar-refractivity contribution in [2.24, 2.45) is 5.73 Å². The zero-order valence-corrected chi connectivity index (χ0v) is 11.8. The van der Waals surface area contributed by atoms with Crippen LogP contribution < -0.4 is 16.3 Å². The number of primary amides is 1. The van der Waals surface area contributed by atoms with E-state index in [0.29, 0.717) is 13.1 Å². The third-order valence-electron chi connectivity index (χ3n) is 3.19. The number of nitrogens with two attached hydrogens (primary N) is 2. The summed E-state index contributed by atoms with van der Waals surface area (Å²) in [5.74, 6) is -0.648. The fourth-order valence-electron chi connectivity index (χ4n) is 2.15. The molecule has 0 atom stereocenters. The Labute approximate surface area is 117 Å². The first-order chi connectivity index (χ1) is 9.40. The van der Waals surface area contributed by atoms with Crippen LogP contribution in [-0.2, 0) is 10.0 Å². The van der Waals surface area contributed by atoms with E-state index in [-0.39, 0.29) is 16.1 Å². The van der Waals surface area contributed by atoms with Gasteiger partial charge in [0.1, 0.15) is 4.90 Å². The molecule has 0 bridgehead atoms. The number of amides is 1. The average Bonchev–Trinajstić information content (AvgIpc) is 2.38. The van der Waals surface area contributed by atoms with Crippen LogP contribution in [0.2, 0.25) is 0 Å². The summed E-state index contributed by atoms with van der Waals surface area (Å²) in [4.78, 5) is 13.5. The second kappa shape index (κ2) is 5.78. The van der Waals surface area contributed by atoms with Gasteiger partial charge in [0.15, 0.2) is 0 Å². The van der Waals surface area contributed by atoms with E-state index < -0.39 is 15.9 Å². The Hall–Kier alpha value is -1.64. The Kier molecular flexibility index (Phi) is 4.26. The lowest BCUT2D eigenvalue weighted by Gasteiger charge is -2.26. The normalized spacial score (nSPS) is 17.0. The van der Waals surface area contributed by atoms with Crippen LogP contribution in [-0.4, -0.2) is 32.4 Å². The number of nitrogens with one attached hydrogen (secondary N) is 1. The molecule has 1 amide bonds. The molecule has 7 nitrogen and oxygen atoms in total. The molecule has 1 aliphatic rings. The third-order valence-corrected chi connectivity index (χ3v) is 4.64. The Morgan fingerprint density at radius 1 is 1.20 bits per heavy atom. The van der Waals surface area contributed by atoms with E-state index in [0.717, 1.165) is 19.3 Å². The molecular formula is C12H18N4O3S. The molecule has 1 heterocycles. The molecular weight excluding hydrogens is 280 g/mol. The van der Waals surface area contributed by atoms with Gasteiger partial charge in [-0.3, -0.25) is 4.79 Å². The maximum atomic E-state index is 12.3. The summed E-state index contributed by atoms with van der Waals surface area (Å²) in [6, 6.07) is 3.91. The molecule has 110 valence electrons. The molecule has 1 aliphatic heterocycles. The van der Waals surface area contributed by atoms with Crippen LogP contribution in [0, 0.1) is 0 Å². The Bertz CT molecular complexity index is 609. The Morgan fingerprint density at radius 3 is 2.40 bits per heavy atom. The molecule has 1 saturated heterocycles. The molecule has 5 N–H and O–H groups in total. The van der Waals surface area contributed by atoms with Gasteiger partial charge in [0, 0.05) is 18.7 Å². The number of carbonyl (C=O) groups excluding carboxylic acids is 1. The zero-order valence-electron chi connectivity index (χ0n) is 11.0. The molecule has 2 rings (SSSR count). The van der Waals surface area contributed by atoms with E-state index in [1.54, 1.807) is 5.01 Å². The number of piperidine rings is 1. The predicted octanol–water partition coefficient (Wildman–Crippen LogP) is 0.0469. The van der Waals surface area contributed by atoms with Crippen molar-refractivity contribution in [3.63, 3.8) is 0 Å². The van der Waals surface area contributed by atoms with Crippen molar-refractivity contribution < 1.29 is 13.2 Å². The summed E-state index contributed by atoms with van der Waals surface area (Å²) in [5.41, 5.74) is 11.0. The molecule has 0 spiro atoms. The van der Waals surface area contributed by atoms with Crippen LogP contribution in [0.3, 0.4) is 0 Å². The first kappa shape index (κ1) is 14.8. The molecule has 1 fully saturated rings. The number of sulfonamides is 1. The van der Waals surface area contributed by atoms with Crippen LogP contribution in [0.15, 0.2) is 23.1 Å². The lowest BCUT2D eigenvalue weighted by molar-refractivity contribution is 0.1000. The Balaban J connectivity index is 2.22. The number of hydrogen-bond donors (Lipinski definition) is 3. The lowest BCUT2D eigenvalue weighted by Crippen LogP contribution is -2.45. The van der Waals surface area contributed by atoms with E-state index in [1.807, 2.05) is 0 Å². The van der Waals surface area contributed by atoms with Crippen molar-refractivity contribution in [2.45, 2.75) is 24.2 Å². The van der Waals surface area contributed by atoms with Crippen LogP contribution >= 0.6 is 0 Å². The van der Waals surface area contributed by atoms with Crippen LogP contribution in [0.25, 0.3) is 0 Å². The maximum absolute atomic E-state index is 12.3. The van der Waals surface area contributed by atoms with Gasteiger partial charge in [-0.15, -0.1) is 4.83 Å². The monoisotopic (exact) mass is 298 g/mol. The number of nitrogen functional groups attached to an aromatic ring is 1. The number of hydrazine groups is 1. The molecule has 0 saturated carbocycles. The standard InChI is InChI=1S/C12H18N4O3S/c13-10-8-9(12(14)17)4-5-11(10)20(18,19)15-16-6-2-1-3-7-16/h4-5,8,15H,1-3,6-7,13H2,(H2,14,17). The minimum atomic E-state index is -3.73. The van der Waals surface area contributed by atoms with Crippen LogP contribution in [0.5, 0.6) is 0 Å². The van der Waals surface area contributed by atoms with Crippen LogP contribution in [0.1, 0.15) is 29.6 Å². The van der Waals surface area contributed by atoms with Gasteiger partial charge in [0.2, 0.25) is 5.91 Å². The molecule has 1 aromatic carbocycles. The highest BCUT2D eigenvalue weighted by Gasteiger charge is 2.22. The SMILES string of the molecule is NC(=O)c1ccc(S(=O)(=O)NN2CCCCC2)c(N)c1. The van der Waals surface area contributed by atoms with E-state index in [9.17, 15) is 13.2 Å². The minimum absolute atomic E-state index is 0.00538. The molecule has 0 radical (unpaired) electrons. The molecule has 0 aromatic heterocycles. The maximum Gasteiger partial charge on any atom is 0.255 e. The summed E-state index contributed by atoms with van der Waals surface area (Å²) >= 11 is 0. The number of anilines is 1. The first-order valence-corrected chi connectivity index (χ1v) is 7.85. The number of carbonyl (C=O) groups is 1. The average molecular weight is 298 g/mol. The summed E-state index contributed by atoms with van der Waals surface area (Å²) in [6.07, 6.45) is 3.02. The van der Waals surface area contributed by atoms with E-state index in [1.165, 1.54) is 18.2 Å². The van der Waals surface area contributed by atoms with Crippen molar-refractivity contribution in [3.05, 3.63) is 23.8 Å². The van der Waals surface area contributed by atoms with Crippen molar-refractivity contribution in [1.29, 1.82) is 0 Å². The van der Waals surface area contributed by atoms with Crippen LogP contribution in [0.4, 0.5) is 5.69 Å². The van der Waals surface area contributed by atoms with Gasteiger partial charge in [-0.2, -0.15) is 0 Å². The van der Waals surface area contributed by atoms with Gasteiger partial charge in [-0.1, -0.05) is 6.42 Å². The number of nitrogens with zero attached hydrogens (tertiary/aromatic N) is 1. The quantitative estimate of drug-likeness (QED) is 0.678. The smallest absolute Gasteiger partial charge is 0.255 e. The van der Waals surface area contributed by atoms with E-state index in [2.05, 4.69) is 4.83 Å². The van der Waals surface area contributed by atoms with Crippen molar-refractivity contribution in [2.75, 3.05) is 18.8 Å². The lowest BCUT2D eigenvalue weighted by atomic mass is 10.2. The fraction of sp³-hybridized carbons (Fsp3) is 0.417. The zero-order chi connectivity index (χ0) is 14.8. The predicted molar refractivity (Wildman–Crippen MR) is 75.1 cm³/mol. The molecule has 20 heavy (non-hydrogen) atoms. The largest absolute Gasteiger partial charge is 0.398 e. The molecule has 8 heteroatoms. The van der Waals surface area contributed by atoms with Crippen molar-refractivity contribution in [1.82, 2.24) is 9.84 Å². The highest BCUT2D eigenvalue weighted by molar-refractivity contribution is 7.89. The molecule has 1 aromatic rings. The minimum Gasteiger partial charge on any atom is -0.398 e. The van der Waals surface area contributed by atoms with Crippen molar-refractivity contribution >= 4 is 21.6 Å². The second-order valence-electron chi connectivity index (χ2n) is 4.76. The third kappa shape index (κ3) is 3.27. The highest BCUT2D eigenvalue weighted by Crippen LogP contribution is 2.20. The molecule has 0 aliphatic carbocycles. The van der Waals surface area contributed by atoms with Gasteiger partial charge >= 0.3 is 0 Å². The summed E-state index contributed by atoms with van der Waals surface area (Å²) < 4.78 is 24.5. The Morgan fingerprint density at radius 2 is 1.85 bits per heavy atom. The first-order valence-electron chi connectivity index (χ1n) is 6.37. The number of hydrogen-bond acceptors (Lipinski definition) is 5.